The number of aromatic amines is 1. The van der Waals surface area contributed by atoms with Gasteiger partial charge in [0, 0.05) is 22.7 Å². The van der Waals surface area contributed by atoms with Gasteiger partial charge in [0.15, 0.2) is 0 Å². The fourth-order valence-corrected chi connectivity index (χ4v) is 3.82. The van der Waals surface area contributed by atoms with Crippen LogP contribution >= 0.6 is 0 Å². The van der Waals surface area contributed by atoms with Crippen molar-refractivity contribution in [2.45, 2.75) is 13.5 Å². The molecule has 0 aliphatic heterocycles. The molecule has 3 aromatic heterocycles. The van der Waals surface area contributed by atoms with Crippen molar-refractivity contribution >= 4 is 16.9 Å². The normalized spacial score (nSPS) is 10.8. The highest BCUT2D eigenvalue weighted by atomic mass is 15.4. The summed E-state index contributed by atoms with van der Waals surface area (Å²) >= 11 is 0. The third-order valence-corrected chi connectivity index (χ3v) is 5.50. The summed E-state index contributed by atoms with van der Waals surface area (Å²) in [5.74, 6) is 0.115. The van der Waals surface area contributed by atoms with Gasteiger partial charge in [0.05, 0.1) is 47.4 Å². The number of rotatable bonds is 4. The maximum atomic E-state index is 9.33. The van der Waals surface area contributed by atoms with Crippen molar-refractivity contribution in [3.63, 3.8) is 0 Å². The van der Waals surface area contributed by atoms with Crippen molar-refractivity contribution < 1.29 is 0 Å². The van der Waals surface area contributed by atoms with Crippen LogP contribution < -0.4 is 5.73 Å². The molecule has 158 valence electrons. The minimum atomic E-state index is 0.115. The zero-order valence-electron chi connectivity index (χ0n) is 17.6. The van der Waals surface area contributed by atoms with Gasteiger partial charge in [-0.1, -0.05) is 23.4 Å². The van der Waals surface area contributed by atoms with E-state index in [1.807, 2.05) is 37.4 Å². The summed E-state index contributed by atoms with van der Waals surface area (Å²) in [4.78, 5) is 11.9. The van der Waals surface area contributed by atoms with Gasteiger partial charge < -0.3 is 10.7 Å². The molecule has 0 spiro atoms. The molecule has 3 heterocycles. The third kappa shape index (κ3) is 3.64. The SMILES string of the molecule is Cc1c(C#N)cccc1-c1cc(-c2cn(Cc3c[nH]c4cc(C#N)ccc34)nn2)nc(N)n1. The predicted molar refractivity (Wildman–Crippen MR) is 122 cm³/mol. The third-order valence-electron chi connectivity index (χ3n) is 5.50. The molecule has 0 atom stereocenters. The fraction of sp³-hybridized carbons (Fsp3) is 0.0833. The number of nitrogens with two attached hydrogens (primary N) is 1. The first-order valence-corrected chi connectivity index (χ1v) is 10.1. The van der Waals surface area contributed by atoms with Gasteiger partial charge in [0.1, 0.15) is 5.69 Å². The second kappa shape index (κ2) is 7.91. The van der Waals surface area contributed by atoms with Crippen LogP contribution in [0.5, 0.6) is 0 Å². The Morgan fingerprint density at radius 1 is 1.03 bits per heavy atom. The highest BCUT2D eigenvalue weighted by molar-refractivity contribution is 5.84. The van der Waals surface area contributed by atoms with Crippen molar-refractivity contribution in [3.8, 4) is 34.8 Å². The Labute approximate surface area is 188 Å². The van der Waals surface area contributed by atoms with Crippen LogP contribution in [0.4, 0.5) is 5.95 Å². The fourth-order valence-electron chi connectivity index (χ4n) is 3.82. The highest BCUT2D eigenvalue weighted by Gasteiger charge is 2.14. The molecular formula is C24H17N9. The van der Waals surface area contributed by atoms with E-state index in [-0.39, 0.29) is 5.95 Å². The van der Waals surface area contributed by atoms with Gasteiger partial charge in [-0.15, -0.1) is 5.10 Å². The molecule has 9 heteroatoms. The van der Waals surface area contributed by atoms with Crippen LogP contribution in [0, 0.1) is 29.6 Å². The van der Waals surface area contributed by atoms with Crippen molar-refractivity contribution in [2.24, 2.45) is 0 Å². The summed E-state index contributed by atoms with van der Waals surface area (Å²) in [6.07, 6.45) is 3.70. The van der Waals surface area contributed by atoms with Crippen LogP contribution in [0.3, 0.4) is 0 Å². The molecular weight excluding hydrogens is 414 g/mol. The molecule has 0 amide bonds. The van der Waals surface area contributed by atoms with Crippen molar-refractivity contribution in [1.82, 2.24) is 29.9 Å². The molecule has 2 aromatic carbocycles. The van der Waals surface area contributed by atoms with E-state index in [1.165, 1.54) is 0 Å². The maximum absolute atomic E-state index is 9.33. The van der Waals surface area contributed by atoms with E-state index in [0.717, 1.165) is 27.6 Å². The Balaban J connectivity index is 1.47. The Hall–Kier alpha value is -5.02. The molecule has 0 saturated carbocycles. The minimum Gasteiger partial charge on any atom is -0.368 e. The lowest BCUT2D eigenvalue weighted by Crippen LogP contribution is -2.00. The number of hydrogen-bond acceptors (Lipinski definition) is 7. The summed E-state index contributed by atoms with van der Waals surface area (Å²) in [5.41, 5.74) is 12.5. The zero-order chi connectivity index (χ0) is 22.9. The summed E-state index contributed by atoms with van der Waals surface area (Å²) in [5, 5.41) is 27.9. The number of aromatic nitrogens is 6. The number of anilines is 1. The van der Waals surface area contributed by atoms with E-state index in [2.05, 4.69) is 37.4 Å². The molecule has 9 nitrogen and oxygen atoms in total. The Kier molecular flexibility index (Phi) is 4.77. The molecule has 0 fully saturated rings. The molecule has 5 rings (SSSR count). The summed E-state index contributed by atoms with van der Waals surface area (Å²) in [6, 6.07) is 17.1. The van der Waals surface area contributed by atoms with Gasteiger partial charge in [0.25, 0.3) is 0 Å². The molecule has 3 N–H and O–H groups in total. The Morgan fingerprint density at radius 2 is 1.88 bits per heavy atom. The first kappa shape index (κ1) is 19.9. The molecule has 33 heavy (non-hydrogen) atoms. The van der Waals surface area contributed by atoms with Gasteiger partial charge >= 0.3 is 0 Å². The van der Waals surface area contributed by atoms with Crippen molar-refractivity contribution in [3.05, 3.63) is 77.1 Å². The topological polar surface area (TPSA) is 146 Å². The monoisotopic (exact) mass is 431 g/mol. The zero-order valence-corrected chi connectivity index (χ0v) is 17.6. The predicted octanol–water partition coefficient (Wildman–Crippen LogP) is 3.57. The lowest BCUT2D eigenvalue weighted by molar-refractivity contribution is 0.652. The molecule has 0 saturated heterocycles. The number of nitrogens with zero attached hydrogens (tertiary/aromatic N) is 7. The molecule has 0 aliphatic carbocycles. The largest absolute Gasteiger partial charge is 0.368 e. The number of hydrogen-bond donors (Lipinski definition) is 2. The number of nitrogens with one attached hydrogen (secondary N) is 1. The Bertz CT molecular complexity index is 1590. The molecule has 0 radical (unpaired) electrons. The lowest BCUT2D eigenvalue weighted by Gasteiger charge is -2.08. The van der Waals surface area contributed by atoms with E-state index in [1.54, 1.807) is 29.1 Å². The molecule has 0 unspecified atom stereocenters. The van der Waals surface area contributed by atoms with Crippen LogP contribution in [0.1, 0.15) is 22.3 Å². The van der Waals surface area contributed by atoms with Crippen molar-refractivity contribution in [1.29, 1.82) is 10.5 Å². The number of nitrogen functional groups attached to an aromatic ring is 1. The maximum Gasteiger partial charge on any atom is 0.221 e. The van der Waals surface area contributed by atoms with Crippen LogP contribution in [-0.4, -0.2) is 29.9 Å². The summed E-state index contributed by atoms with van der Waals surface area (Å²) in [7, 11) is 0. The van der Waals surface area contributed by atoms with Gasteiger partial charge in [-0.2, -0.15) is 10.5 Å². The Morgan fingerprint density at radius 3 is 2.70 bits per heavy atom. The second-order valence-corrected chi connectivity index (χ2v) is 7.57. The average Bonchev–Trinajstić information content (AvgIpc) is 3.46. The number of nitriles is 2. The van der Waals surface area contributed by atoms with E-state index >= 15 is 0 Å². The highest BCUT2D eigenvalue weighted by Crippen LogP contribution is 2.28. The molecule has 5 aromatic rings. The summed E-state index contributed by atoms with van der Waals surface area (Å²) < 4.78 is 1.72. The van der Waals surface area contributed by atoms with E-state index < -0.39 is 0 Å². The van der Waals surface area contributed by atoms with Crippen LogP contribution in [0.25, 0.3) is 33.5 Å². The molecule has 0 bridgehead atoms. The number of benzene rings is 2. The van der Waals surface area contributed by atoms with Crippen LogP contribution in [0.15, 0.2) is 54.9 Å². The first-order valence-electron chi connectivity index (χ1n) is 10.1. The van der Waals surface area contributed by atoms with Gasteiger partial charge in [-0.05, 0) is 42.3 Å². The summed E-state index contributed by atoms with van der Waals surface area (Å²) in [6.45, 7) is 2.37. The molecule has 0 aliphatic rings. The van der Waals surface area contributed by atoms with Gasteiger partial charge in [-0.3, -0.25) is 0 Å². The smallest absolute Gasteiger partial charge is 0.221 e. The van der Waals surface area contributed by atoms with E-state index in [0.29, 0.717) is 34.8 Å². The number of H-pyrrole nitrogens is 1. The van der Waals surface area contributed by atoms with Crippen molar-refractivity contribution in [2.75, 3.05) is 5.73 Å². The van der Waals surface area contributed by atoms with E-state index in [9.17, 15) is 5.26 Å². The standard InChI is InChI=1S/C24H17N9/c1-14-16(10-26)3-2-4-18(14)21-8-22(30-24(27)29-21)23-13-33(32-31-23)12-17-11-28-20-7-15(9-25)5-6-19(17)20/h2-8,11,13,28H,12H2,1H3,(H2,27,29,30). The van der Waals surface area contributed by atoms with E-state index in [4.69, 9.17) is 11.0 Å². The van der Waals surface area contributed by atoms with Crippen LogP contribution in [0.2, 0.25) is 0 Å². The van der Waals surface area contributed by atoms with Gasteiger partial charge in [0.2, 0.25) is 5.95 Å². The number of fused-ring (bicyclic) bond motifs is 1. The minimum absolute atomic E-state index is 0.115. The van der Waals surface area contributed by atoms with Crippen LogP contribution in [-0.2, 0) is 6.54 Å². The second-order valence-electron chi connectivity index (χ2n) is 7.57. The van der Waals surface area contributed by atoms with Gasteiger partial charge in [-0.25, -0.2) is 14.6 Å². The quantitative estimate of drug-likeness (QED) is 0.442. The average molecular weight is 431 g/mol. The lowest BCUT2D eigenvalue weighted by atomic mass is 10.00. The first-order chi connectivity index (χ1) is 16.1.